The predicted molar refractivity (Wildman–Crippen MR) is 70.5 cm³/mol. The molecular formula is C11H13N3O9. The minimum Gasteiger partial charge on any atom is -0.464 e. The van der Waals surface area contributed by atoms with Crippen LogP contribution >= 0.6 is 0 Å². The minimum absolute atomic E-state index is 0.00372. The molecule has 4 atom stereocenters. The number of nitrogens with one attached hydrogen (secondary N) is 1. The Balaban J connectivity index is 2.41. The number of carbonyl (C=O) groups excluding carboxylic acids is 1. The quantitative estimate of drug-likeness (QED) is 0.309. The van der Waals surface area contributed by atoms with Crippen molar-refractivity contribution in [3.8, 4) is 0 Å². The second kappa shape index (κ2) is 6.28. The van der Waals surface area contributed by atoms with E-state index in [2.05, 4.69) is 4.74 Å². The van der Waals surface area contributed by atoms with Gasteiger partial charge in [0.1, 0.15) is 12.2 Å². The molecule has 2 heterocycles. The monoisotopic (exact) mass is 331 g/mol. The van der Waals surface area contributed by atoms with Crippen molar-refractivity contribution in [2.45, 2.75) is 31.5 Å². The Morgan fingerprint density at radius 3 is 2.70 bits per heavy atom. The number of carbonyl (C=O) groups is 1. The molecule has 0 spiro atoms. The van der Waals surface area contributed by atoms with Gasteiger partial charge in [0.15, 0.2) is 12.3 Å². The fourth-order valence-electron chi connectivity index (χ4n) is 2.10. The highest BCUT2D eigenvalue weighted by Crippen LogP contribution is 2.29. The number of rotatable bonds is 4. The molecule has 1 aliphatic rings. The van der Waals surface area contributed by atoms with Crippen molar-refractivity contribution in [3.63, 3.8) is 0 Å². The van der Waals surface area contributed by atoms with Crippen LogP contribution in [-0.2, 0) is 14.3 Å². The molecule has 23 heavy (non-hydrogen) atoms. The topological polar surface area (TPSA) is 174 Å². The number of aliphatic hydroxyl groups is 2. The van der Waals surface area contributed by atoms with Crippen LogP contribution in [0, 0.1) is 10.1 Å². The predicted octanol–water partition coefficient (Wildman–Crippen LogP) is -2.37. The Hall–Kier alpha value is -2.57. The molecule has 12 heteroatoms. The number of aliphatic hydroxyl groups excluding tert-OH is 2. The van der Waals surface area contributed by atoms with Gasteiger partial charge in [0.05, 0.1) is 17.7 Å². The standard InChI is InChI=1S/C11H13N3O9/c1-2-22-10(18)7-5(15)6(16)9(23-7)13-3-4(14(20)21)8(17)12-11(13)19/h3,5-7,9,15-16H,2H2,1H3,(H,12,17,19)/t5-,6+,7-,9+/m0/s1. The van der Waals surface area contributed by atoms with Gasteiger partial charge in [0, 0.05) is 0 Å². The Bertz CT molecular complexity index is 739. The zero-order valence-corrected chi connectivity index (χ0v) is 11.7. The van der Waals surface area contributed by atoms with Gasteiger partial charge in [-0.1, -0.05) is 0 Å². The summed E-state index contributed by atoms with van der Waals surface area (Å²) in [6.07, 6.45) is -6.07. The molecule has 1 aromatic heterocycles. The lowest BCUT2D eigenvalue weighted by Crippen LogP contribution is -2.39. The summed E-state index contributed by atoms with van der Waals surface area (Å²) < 4.78 is 10.3. The molecule has 2 rings (SSSR count). The molecule has 0 radical (unpaired) electrons. The zero-order valence-electron chi connectivity index (χ0n) is 11.7. The number of aromatic nitrogens is 2. The summed E-state index contributed by atoms with van der Waals surface area (Å²) in [7, 11) is 0. The summed E-state index contributed by atoms with van der Waals surface area (Å²) in [5.74, 6) is -0.964. The maximum atomic E-state index is 11.8. The van der Waals surface area contributed by atoms with Crippen molar-refractivity contribution < 1.29 is 29.4 Å². The molecule has 0 bridgehead atoms. The SMILES string of the molecule is CCOC(=O)[C@H]1O[C@@H](n2cc([N+](=O)[O-])c(=O)[nH]c2=O)[C@H](O)[C@@H]1O. The van der Waals surface area contributed by atoms with E-state index in [-0.39, 0.29) is 6.61 Å². The van der Waals surface area contributed by atoms with E-state index in [9.17, 15) is 34.7 Å². The maximum Gasteiger partial charge on any atom is 0.350 e. The molecular weight excluding hydrogens is 318 g/mol. The van der Waals surface area contributed by atoms with Gasteiger partial charge in [-0.05, 0) is 6.92 Å². The van der Waals surface area contributed by atoms with Gasteiger partial charge in [-0.25, -0.2) is 9.59 Å². The molecule has 0 saturated carbocycles. The maximum absolute atomic E-state index is 11.8. The van der Waals surface area contributed by atoms with Crippen LogP contribution in [0.3, 0.4) is 0 Å². The van der Waals surface area contributed by atoms with Crippen molar-refractivity contribution in [3.05, 3.63) is 37.1 Å². The summed E-state index contributed by atoms with van der Waals surface area (Å²) in [6.45, 7) is 1.51. The lowest BCUT2D eigenvalue weighted by atomic mass is 10.1. The van der Waals surface area contributed by atoms with Gasteiger partial charge in [0.2, 0.25) is 0 Å². The number of hydrogen-bond donors (Lipinski definition) is 3. The molecule has 1 saturated heterocycles. The fourth-order valence-corrected chi connectivity index (χ4v) is 2.10. The molecule has 12 nitrogen and oxygen atoms in total. The first-order valence-corrected chi connectivity index (χ1v) is 6.46. The summed E-state index contributed by atoms with van der Waals surface area (Å²) in [6, 6.07) is 0. The van der Waals surface area contributed by atoms with Gasteiger partial charge in [0.25, 0.3) is 0 Å². The first kappa shape index (κ1) is 16.8. The van der Waals surface area contributed by atoms with E-state index >= 15 is 0 Å². The van der Waals surface area contributed by atoms with Gasteiger partial charge in [-0.3, -0.25) is 24.5 Å². The minimum atomic E-state index is -1.74. The molecule has 0 unspecified atom stereocenters. The van der Waals surface area contributed by atoms with Crippen LogP contribution in [0.2, 0.25) is 0 Å². The Kier molecular flexibility index (Phi) is 4.58. The van der Waals surface area contributed by atoms with Crippen LogP contribution in [0.15, 0.2) is 15.8 Å². The average molecular weight is 331 g/mol. The molecule has 0 aromatic carbocycles. The first-order chi connectivity index (χ1) is 10.8. The van der Waals surface area contributed by atoms with Crippen molar-refractivity contribution >= 4 is 11.7 Å². The second-order valence-electron chi connectivity index (χ2n) is 4.62. The van der Waals surface area contributed by atoms with Gasteiger partial charge in [-0.2, -0.15) is 0 Å². The molecule has 1 aromatic rings. The average Bonchev–Trinajstić information content (AvgIpc) is 2.76. The van der Waals surface area contributed by atoms with E-state index in [1.54, 1.807) is 4.98 Å². The molecule has 3 N–H and O–H groups in total. The van der Waals surface area contributed by atoms with Crippen LogP contribution in [0.5, 0.6) is 0 Å². The van der Waals surface area contributed by atoms with Crippen LogP contribution in [-0.4, -0.2) is 55.6 Å². The van der Waals surface area contributed by atoms with Gasteiger partial charge in [-0.15, -0.1) is 0 Å². The van der Waals surface area contributed by atoms with Gasteiger partial charge < -0.3 is 19.7 Å². The van der Waals surface area contributed by atoms with E-state index in [1.165, 1.54) is 6.92 Å². The van der Waals surface area contributed by atoms with Crippen molar-refractivity contribution in [1.82, 2.24) is 9.55 Å². The number of hydrogen-bond acceptors (Lipinski definition) is 9. The third kappa shape index (κ3) is 2.99. The number of esters is 1. The van der Waals surface area contributed by atoms with Crippen LogP contribution in [0.25, 0.3) is 0 Å². The summed E-state index contributed by atoms with van der Waals surface area (Å²) in [4.78, 5) is 46.1. The van der Waals surface area contributed by atoms with Crippen LogP contribution in [0.1, 0.15) is 13.2 Å². The summed E-state index contributed by atoms with van der Waals surface area (Å²) in [5.41, 5.74) is -3.30. The Labute approximate surface area is 127 Å². The lowest BCUT2D eigenvalue weighted by molar-refractivity contribution is -0.387. The highest BCUT2D eigenvalue weighted by molar-refractivity contribution is 5.76. The van der Waals surface area contributed by atoms with E-state index in [1.807, 2.05) is 0 Å². The fraction of sp³-hybridized carbons (Fsp3) is 0.545. The van der Waals surface area contributed by atoms with Crippen molar-refractivity contribution in [2.24, 2.45) is 0 Å². The summed E-state index contributed by atoms with van der Waals surface area (Å²) >= 11 is 0. The third-order valence-corrected chi connectivity index (χ3v) is 3.18. The number of H-pyrrole nitrogens is 1. The van der Waals surface area contributed by atoms with E-state index < -0.39 is 52.4 Å². The Morgan fingerprint density at radius 1 is 1.48 bits per heavy atom. The largest absolute Gasteiger partial charge is 0.464 e. The molecule has 0 amide bonds. The lowest BCUT2D eigenvalue weighted by Gasteiger charge is -2.16. The molecule has 1 aliphatic heterocycles. The highest BCUT2D eigenvalue weighted by atomic mass is 16.6. The second-order valence-corrected chi connectivity index (χ2v) is 4.62. The number of nitrogens with zero attached hydrogens (tertiary/aromatic N) is 2. The molecule has 126 valence electrons. The van der Waals surface area contributed by atoms with E-state index in [0.717, 1.165) is 0 Å². The number of ether oxygens (including phenoxy) is 2. The van der Waals surface area contributed by atoms with Crippen molar-refractivity contribution in [1.29, 1.82) is 0 Å². The number of nitro groups is 1. The Morgan fingerprint density at radius 2 is 2.13 bits per heavy atom. The normalized spacial score (nSPS) is 26.9. The molecule has 0 aliphatic carbocycles. The zero-order chi connectivity index (χ0) is 17.3. The van der Waals surface area contributed by atoms with Crippen molar-refractivity contribution in [2.75, 3.05) is 6.61 Å². The molecule has 1 fully saturated rings. The third-order valence-electron chi connectivity index (χ3n) is 3.18. The van der Waals surface area contributed by atoms with E-state index in [0.29, 0.717) is 10.8 Å². The van der Waals surface area contributed by atoms with Crippen LogP contribution in [0.4, 0.5) is 5.69 Å². The van der Waals surface area contributed by atoms with E-state index in [4.69, 9.17) is 4.74 Å². The smallest absolute Gasteiger partial charge is 0.350 e. The first-order valence-electron chi connectivity index (χ1n) is 6.46. The van der Waals surface area contributed by atoms with Gasteiger partial charge >= 0.3 is 22.9 Å². The number of aromatic amines is 1. The summed E-state index contributed by atoms with van der Waals surface area (Å²) in [5, 5.41) is 30.5. The highest BCUT2D eigenvalue weighted by Gasteiger charge is 2.48. The van der Waals surface area contributed by atoms with Crippen LogP contribution < -0.4 is 11.2 Å².